The van der Waals surface area contributed by atoms with Crippen LogP contribution in [0.15, 0.2) is 24.3 Å². The Bertz CT molecular complexity index is 841. The molecule has 3 aliphatic heterocycles. The highest BCUT2D eigenvalue weighted by Crippen LogP contribution is 2.32. The monoisotopic (exact) mass is 439 g/mol. The molecule has 1 aromatic carbocycles. The number of piperazine rings is 1. The first-order valence-electron chi connectivity index (χ1n) is 10.1. The van der Waals surface area contributed by atoms with Gasteiger partial charge in [-0.05, 0) is 12.1 Å². The number of aromatic amines is 1. The van der Waals surface area contributed by atoms with Gasteiger partial charge in [0, 0.05) is 39.1 Å². The fourth-order valence-electron chi connectivity index (χ4n) is 4.66. The SMILES string of the molecule is Cl.O=[N+]([O-])O[C@H]1CO[C@H]2[C@@H]1OC[C@@H]2N1CCN(CCc2nc3ccccc3[nH]2)CC1. The number of nitrogens with one attached hydrogen (secondary N) is 1. The minimum atomic E-state index is -0.756. The van der Waals surface area contributed by atoms with Crippen LogP contribution in [-0.4, -0.2) is 95.1 Å². The molecule has 3 fully saturated rings. The van der Waals surface area contributed by atoms with Crippen molar-refractivity contribution < 1.29 is 19.4 Å². The number of aromatic nitrogens is 2. The van der Waals surface area contributed by atoms with Crippen molar-refractivity contribution in [3.63, 3.8) is 0 Å². The summed E-state index contributed by atoms with van der Waals surface area (Å²) in [7, 11) is 0. The van der Waals surface area contributed by atoms with Gasteiger partial charge in [0.2, 0.25) is 0 Å². The smallest absolute Gasteiger partial charge is 0.294 e. The zero-order valence-electron chi connectivity index (χ0n) is 16.5. The molecule has 0 amide bonds. The Kier molecular flexibility index (Phi) is 6.40. The van der Waals surface area contributed by atoms with E-state index < -0.39 is 11.2 Å². The predicted molar refractivity (Wildman–Crippen MR) is 110 cm³/mol. The molecule has 11 heteroatoms. The summed E-state index contributed by atoms with van der Waals surface area (Å²) in [5, 5.41) is 9.87. The van der Waals surface area contributed by atoms with Crippen LogP contribution in [0.5, 0.6) is 0 Å². The Balaban J connectivity index is 0.00000218. The number of hydrogen-bond acceptors (Lipinski definition) is 8. The molecule has 5 rings (SSSR count). The topological polar surface area (TPSA) is 106 Å². The minimum absolute atomic E-state index is 0. The first kappa shape index (κ1) is 21.3. The van der Waals surface area contributed by atoms with E-state index in [0.29, 0.717) is 6.61 Å². The first-order chi connectivity index (χ1) is 14.2. The maximum atomic E-state index is 10.6. The van der Waals surface area contributed by atoms with Gasteiger partial charge in [0.05, 0.1) is 30.3 Å². The van der Waals surface area contributed by atoms with Crippen LogP contribution in [0.2, 0.25) is 0 Å². The van der Waals surface area contributed by atoms with E-state index in [0.717, 1.165) is 56.0 Å². The van der Waals surface area contributed by atoms with Gasteiger partial charge < -0.3 is 24.2 Å². The molecule has 0 unspecified atom stereocenters. The van der Waals surface area contributed by atoms with Crippen molar-refractivity contribution in [2.45, 2.75) is 30.8 Å². The lowest BCUT2D eigenvalue weighted by Gasteiger charge is -2.38. The van der Waals surface area contributed by atoms with Crippen LogP contribution in [0.3, 0.4) is 0 Å². The molecule has 10 nitrogen and oxygen atoms in total. The molecular weight excluding hydrogens is 414 g/mol. The number of imidazole rings is 1. The van der Waals surface area contributed by atoms with Gasteiger partial charge in [-0.25, -0.2) is 4.98 Å². The van der Waals surface area contributed by atoms with Crippen LogP contribution in [0, 0.1) is 10.1 Å². The van der Waals surface area contributed by atoms with E-state index >= 15 is 0 Å². The molecule has 1 N–H and O–H groups in total. The molecule has 0 aliphatic carbocycles. The second-order valence-electron chi connectivity index (χ2n) is 7.86. The van der Waals surface area contributed by atoms with Gasteiger partial charge in [-0.3, -0.25) is 4.90 Å². The minimum Gasteiger partial charge on any atom is -0.371 e. The van der Waals surface area contributed by atoms with Crippen LogP contribution in [0.4, 0.5) is 0 Å². The standard InChI is InChI=1S/C19H25N5O5.ClH/c25-24(26)29-16-12-28-18-15(11-27-19(16)18)23-9-7-22(8-10-23)6-5-17-20-13-3-1-2-4-14(13)21-17;/h1-4,15-16,18-19H,5-12H2,(H,20,21);1H/t15-,16-,18+,19+;/m0./s1. The van der Waals surface area contributed by atoms with Crippen LogP contribution < -0.4 is 0 Å². The van der Waals surface area contributed by atoms with Gasteiger partial charge in [-0.15, -0.1) is 22.5 Å². The van der Waals surface area contributed by atoms with Gasteiger partial charge in [-0.2, -0.15) is 0 Å². The van der Waals surface area contributed by atoms with E-state index in [4.69, 9.17) is 14.3 Å². The van der Waals surface area contributed by atoms with E-state index in [1.165, 1.54) is 0 Å². The van der Waals surface area contributed by atoms with E-state index in [1.807, 2.05) is 24.3 Å². The highest BCUT2D eigenvalue weighted by atomic mass is 35.5. The number of benzene rings is 1. The van der Waals surface area contributed by atoms with Crippen molar-refractivity contribution in [2.24, 2.45) is 0 Å². The van der Waals surface area contributed by atoms with Gasteiger partial charge >= 0.3 is 0 Å². The fraction of sp³-hybridized carbons (Fsp3) is 0.632. The third kappa shape index (κ3) is 4.23. The molecule has 3 saturated heterocycles. The van der Waals surface area contributed by atoms with Gasteiger partial charge in [-0.1, -0.05) is 12.1 Å². The summed E-state index contributed by atoms with van der Waals surface area (Å²) in [5.74, 6) is 1.02. The van der Waals surface area contributed by atoms with Crippen LogP contribution >= 0.6 is 12.4 Å². The van der Waals surface area contributed by atoms with E-state index in [9.17, 15) is 10.1 Å². The van der Waals surface area contributed by atoms with Crippen molar-refractivity contribution in [2.75, 3.05) is 45.9 Å². The zero-order chi connectivity index (χ0) is 19.8. The number of H-pyrrole nitrogens is 1. The second kappa shape index (κ2) is 9.03. The Morgan fingerprint density at radius 2 is 1.93 bits per heavy atom. The summed E-state index contributed by atoms with van der Waals surface area (Å²) in [6.07, 6.45) is -0.224. The second-order valence-corrected chi connectivity index (χ2v) is 7.86. The summed E-state index contributed by atoms with van der Waals surface area (Å²) in [6.45, 7) is 5.53. The quantitative estimate of drug-likeness (QED) is 0.522. The molecular formula is C19H26ClN5O5. The molecule has 0 radical (unpaired) electrons. The predicted octanol–water partition coefficient (Wildman–Crippen LogP) is 0.888. The lowest BCUT2D eigenvalue weighted by atomic mass is 10.1. The van der Waals surface area contributed by atoms with Crippen LogP contribution in [-0.2, 0) is 20.7 Å². The average Bonchev–Trinajstić information content (AvgIpc) is 3.42. The lowest BCUT2D eigenvalue weighted by molar-refractivity contribution is -0.769. The van der Waals surface area contributed by atoms with Crippen molar-refractivity contribution >= 4 is 23.4 Å². The highest BCUT2D eigenvalue weighted by Gasteiger charge is 2.51. The molecule has 2 aromatic rings. The first-order valence-corrected chi connectivity index (χ1v) is 10.1. The van der Waals surface area contributed by atoms with Gasteiger partial charge in [0.15, 0.2) is 6.10 Å². The summed E-state index contributed by atoms with van der Waals surface area (Å²) in [6, 6.07) is 8.23. The maximum Gasteiger partial charge on any atom is 0.294 e. The zero-order valence-corrected chi connectivity index (χ0v) is 17.3. The third-order valence-electron chi connectivity index (χ3n) is 6.18. The molecule has 0 bridgehead atoms. The number of ether oxygens (including phenoxy) is 2. The number of hydrogen-bond donors (Lipinski definition) is 1. The van der Waals surface area contributed by atoms with E-state index in [1.54, 1.807) is 0 Å². The molecule has 164 valence electrons. The van der Waals surface area contributed by atoms with Crippen molar-refractivity contribution in [1.29, 1.82) is 0 Å². The fourth-order valence-corrected chi connectivity index (χ4v) is 4.66. The van der Waals surface area contributed by atoms with Crippen molar-refractivity contribution in [3.05, 3.63) is 40.2 Å². The number of fused-ring (bicyclic) bond motifs is 2. The molecule has 4 heterocycles. The van der Waals surface area contributed by atoms with Gasteiger partial charge in [0.1, 0.15) is 18.0 Å². The number of nitrogens with zero attached hydrogens (tertiary/aromatic N) is 4. The van der Waals surface area contributed by atoms with Crippen molar-refractivity contribution in [3.8, 4) is 0 Å². The van der Waals surface area contributed by atoms with Crippen LogP contribution in [0.25, 0.3) is 11.0 Å². The summed E-state index contributed by atoms with van der Waals surface area (Å²) in [4.78, 5) is 28.2. The lowest BCUT2D eigenvalue weighted by Crippen LogP contribution is -2.54. The summed E-state index contributed by atoms with van der Waals surface area (Å²) < 4.78 is 11.6. The van der Waals surface area contributed by atoms with E-state index in [2.05, 4.69) is 19.8 Å². The summed E-state index contributed by atoms with van der Waals surface area (Å²) in [5.41, 5.74) is 2.10. The van der Waals surface area contributed by atoms with E-state index in [-0.39, 0.29) is 37.3 Å². The molecule has 3 aliphatic rings. The number of rotatable bonds is 6. The Hall–Kier alpha value is -1.98. The molecule has 1 aromatic heterocycles. The largest absolute Gasteiger partial charge is 0.371 e. The average molecular weight is 440 g/mol. The Labute approximate surface area is 180 Å². The maximum absolute atomic E-state index is 10.6. The van der Waals surface area contributed by atoms with Crippen molar-refractivity contribution in [1.82, 2.24) is 19.8 Å². The summed E-state index contributed by atoms with van der Waals surface area (Å²) >= 11 is 0. The molecule has 0 spiro atoms. The van der Waals surface area contributed by atoms with Gasteiger partial charge in [0.25, 0.3) is 5.09 Å². The van der Waals surface area contributed by atoms with Crippen LogP contribution in [0.1, 0.15) is 5.82 Å². The Morgan fingerprint density at radius 1 is 1.17 bits per heavy atom. The molecule has 4 atom stereocenters. The number of halogens is 1. The third-order valence-corrected chi connectivity index (χ3v) is 6.18. The Morgan fingerprint density at radius 3 is 2.70 bits per heavy atom. The molecule has 0 saturated carbocycles. The highest BCUT2D eigenvalue weighted by molar-refractivity contribution is 5.85. The molecule has 30 heavy (non-hydrogen) atoms. The normalized spacial score (nSPS) is 29.6. The number of para-hydroxylation sites is 2.